The van der Waals surface area contributed by atoms with Crippen LogP contribution in [-0.2, 0) is 19.4 Å². The van der Waals surface area contributed by atoms with Crippen molar-refractivity contribution < 1.29 is 0 Å². The molecule has 0 radical (unpaired) electrons. The second-order valence-corrected chi connectivity index (χ2v) is 3.80. The van der Waals surface area contributed by atoms with Gasteiger partial charge in [-0.05, 0) is 37.2 Å². The average Bonchev–Trinajstić information content (AvgIpc) is 2.76. The topological polar surface area (TPSA) is 43.8 Å². The van der Waals surface area contributed by atoms with Crippen LogP contribution in [-0.4, -0.2) is 16.1 Å². The number of aromatic nitrogens is 2. The van der Waals surface area contributed by atoms with Crippen molar-refractivity contribution in [2.45, 2.75) is 19.4 Å². The molecular formula is C13H17N3. The molecule has 84 valence electrons. The van der Waals surface area contributed by atoms with Gasteiger partial charge >= 0.3 is 0 Å². The van der Waals surface area contributed by atoms with Gasteiger partial charge in [0.25, 0.3) is 0 Å². The molecule has 0 bridgehead atoms. The van der Waals surface area contributed by atoms with Crippen LogP contribution in [0, 0.1) is 0 Å². The Balaban J connectivity index is 1.97. The minimum absolute atomic E-state index is 0.702. The molecule has 2 aromatic heterocycles. The molecular weight excluding hydrogens is 198 g/mol. The van der Waals surface area contributed by atoms with E-state index in [0.29, 0.717) is 6.54 Å². The number of rotatable bonds is 5. The average molecular weight is 215 g/mol. The fourth-order valence-electron chi connectivity index (χ4n) is 1.82. The predicted molar refractivity (Wildman–Crippen MR) is 65.1 cm³/mol. The van der Waals surface area contributed by atoms with Gasteiger partial charge in [0, 0.05) is 36.7 Å². The molecule has 0 atom stereocenters. The summed E-state index contributed by atoms with van der Waals surface area (Å²) >= 11 is 0. The zero-order valence-corrected chi connectivity index (χ0v) is 9.34. The van der Waals surface area contributed by atoms with Gasteiger partial charge in [0.15, 0.2) is 0 Å². The summed E-state index contributed by atoms with van der Waals surface area (Å²) in [5, 5.41) is 0. The highest BCUT2D eigenvalue weighted by Crippen LogP contribution is 2.05. The molecule has 0 aliphatic heterocycles. The molecule has 2 rings (SSSR count). The highest BCUT2D eigenvalue weighted by atomic mass is 15.0. The van der Waals surface area contributed by atoms with Gasteiger partial charge in [0.1, 0.15) is 0 Å². The van der Waals surface area contributed by atoms with Crippen molar-refractivity contribution >= 4 is 0 Å². The summed E-state index contributed by atoms with van der Waals surface area (Å²) in [6, 6.07) is 10.2. The van der Waals surface area contributed by atoms with Crippen molar-refractivity contribution in [2.24, 2.45) is 5.73 Å². The van der Waals surface area contributed by atoms with E-state index in [1.807, 2.05) is 18.3 Å². The van der Waals surface area contributed by atoms with Crippen LogP contribution in [0.25, 0.3) is 0 Å². The largest absolute Gasteiger partial charge is 0.351 e. The zero-order chi connectivity index (χ0) is 11.2. The number of hydrogen-bond donors (Lipinski definition) is 1. The van der Waals surface area contributed by atoms with Gasteiger partial charge in [-0.25, -0.2) is 0 Å². The van der Waals surface area contributed by atoms with E-state index in [4.69, 9.17) is 5.73 Å². The van der Waals surface area contributed by atoms with Crippen LogP contribution in [0.5, 0.6) is 0 Å². The molecule has 3 nitrogen and oxygen atoms in total. The van der Waals surface area contributed by atoms with E-state index in [2.05, 4.69) is 33.9 Å². The first-order valence-electron chi connectivity index (χ1n) is 5.64. The number of pyridine rings is 1. The van der Waals surface area contributed by atoms with Crippen molar-refractivity contribution in [1.29, 1.82) is 0 Å². The van der Waals surface area contributed by atoms with Crippen molar-refractivity contribution in [3.05, 3.63) is 54.1 Å². The van der Waals surface area contributed by atoms with Gasteiger partial charge in [-0.3, -0.25) is 4.98 Å². The monoisotopic (exact) mass is 215 g/mol. The quantitative estimate of drug-likeness (QED) is 0.823. The Morgan fingerprint density at radius 2 is 2.06 bits per heavy atom. The molecule has 0 unspecified atom stereocenters. The Morgan fingerprint density at radius 1 is 1.12 bits per heavy atom. The van der Waals surface area contributed by atoms with E-state index in [9.17, 15) is 0 Å². The third kappa shape index (κ3) is 2.70. The van der Waals surface area contributed by atoms with Gasteiger partial charge < -0.3 is 10.3 Å². The van der Waals surface area contributed by atoms with Crippen molar-refractivity contribution in [3.63, 3.8) is 0 Å². The summed E-state index contributed by atoms with van der Waals surface area (Å²) in [7, 11) is 0. The summed E-state index contributed by atoms with van der Waals surface area (Å²) < 4.78 is 2.25. The smallest absolute Gasteiger partial charge is 0.0421 e. The van der Waals surface area contributed by atoms with E-state index in [-0.39, 0.29) is 0 Å². The second-order valence-electron chi connectivity index (χ2n) is 3.80. The molecule has 2 N–H and O–H groups in total. The van der Waals surface area contributed by atoms with Crippen molar-refractivity contribution in [1.82, 2.24) is 9.55 Å². The highest BCUT2D eigenvalue weighted by molar-refractivity contribution is 5.09. The summed E-state index contributed by atoms with van der Waals surface area (Å²) in [4.78, 5) is 4.32. The number of nitrogens with zero attached hydrogens (tertiary/aromatic N) is 2. The van der Waals surface area contributed by atoms with E-state index in [1.54, 1.807) is 0 Å². The molecule has 0 spiro atoms. The van der Waals surface area contributed by atoms with Gasteiger partial charge in [-0.1, -0.05) is 6.07 Å². The molecule has 0 saturated carbocycles. The number of hydrogen-bond acceptors (Lipinski definition) is 2. The van der Waals surface area contributed by atoms with Crippen LogP contribution in [0.2, 0.25) is 0 Å². The van der Waals surface area contributed by atoms with E-state index in [1.165, 1.54) is 5.69 Å². The molecule has 16 heavy (non-hydrogen) atoms. The maximum Gasteiger partial charge on any atom is 0.0421 e. The third-order valence-corrected chi connectivity index (χ3v) is 2.66. The lowest BCUT2D eigenvalue weighted by Crippen LogP contribution is -2.10. The van der Waals surface area contributed by atoms with Crippen LogP contribution in [0.4, 0.5) is 0 Å². The minimum atomic E-state index is 0.702. The SMILES string of the molecule is NCCc1cccn1CCc1ccccn1. The van der Waals surface area contributed by atoms with E-state index >= 15 is 0 Å². The van der Waals surface area contributed by atoms with Crippen molar-refractivity contribution in [2.75, 3.05) is 6.54 Å². The lowest BCUT2D eigenvalue weighted by Gasteiger charge is -2.07. The maximum absolute atomic E-state index is 5.57. The Bertz CT molecular complexity index is 420. The Kier molecular flexibility index (Phi) is 3.72. The number of aryl methyl sites for hydroxylation is 2. The maximum atomic E-state index is 5.57. The molecule has 0 aliphatic carbocycles. The third-order valence-electron chi connectivity index (χ3n) is 2.66. The summed E-state index contributed by atoms with van der Waals surface area (Å²) in [5.74, 6) is 0. The van der Waals surface area contributed by atoms with Gasteiger partial charge in [-0.15, -0.1) is 0 Å². The Morgan fingerprint density at radius 3 is 2.81 bits per heavy atom. The van der Waals surface area contributed by atoms with E-state index in [0.717, 1.165) is 25.1 Å². The Labute approximate surface area is 95.9 Å². The molecule has 0 saturated heterocycles. The zero-order valence-electron chi connectivity index (χ0n) is 9.34. The predicted octanol–water partition coefficient (Wildman–Crippen LogP) is 1.63. The highest BCUT2D eigenvalue weighted by Gasteiger charge is 2.00. The summed E-state index contributed by atoms with van der Waals surface area (Å²) in [6.45, 7) is 1.67. The van der Waals surface area contributed by atoms with Gasteiger partial charge in [0.05, 0.1) is 0 Å². The molecule has 0 amide bonds. The second kappa shape index (κ2) is 5.47. The summed E-state index contributed by atoms with van der Waals surface area (Å²) in [5.41, 5.74) is 8.01. The molecule has 0 aromatic carbocycles. The number of nitrogens with two attached hydrogens (primary N) is 1. The van der Waals surface area contributed by atoms with Crippen LogP contribution in [0.15, 0.2) is 42.7 Å². The molecule has 0 aliphatic rings. The summed E-state index contributed by atoms with van der Waals surface area (Å²) in [6.07, 6.45) is 5.85. The Hall–Kier alpha value is -1.61. The standard InChI is InChI=1S/C13H17N3/c14-8-6-13-5-3-10-16(13)11-7-12-4-1-2-9-15-12/h1-5,9-10H,6-8,11,14H2. The lowest BCUT2D eigenvalue weighted by molar-refractivity contribution is 0.653. The van der Waals surface area contributed by atoms with Crippen molar-refractivity contribution in [3.8, 4) is 0 Å². The fraction of sp³-hybridized carbons (Fsp3) is 0.308. The lowest BCUT2D eigenvalue weighted by atomic mass is 10.2. The van der Waals surface area contributed by atoms with Crippen LogP contribution in [0.1, 0.15) is 11.4 Å². The first-order valence-corrected chi connectivity index (χ1v) is 5.64. The molecule has 0 fully saturated rings. The normalized spacial score (nSPS) is 10.6. The van der Waals surface area contributed by atoms with Gasteiger partial charge in [-0.2, -0.15) is 0 Å². The van der Waals surface area contributed by atoms with Crippen LogP contribution < -0.4 is 5.73 Å². The first-order chi connectivity index (χ1) is 7.90. The van der Waals surface area contributed by atoms with Gasteiger partial charge in [0.2, 0.25) is 0 Å². The molecule has 3 heteroatoms. The molecule has 2 heterocycles. The minimum Gasteiger partial charge on any atom is -0.351 e. The fourth-order valence-corrected chi connectivity index (χ4v) is 1.82. The van der Waals surface area contributed by atoms with Crippen LogP contribution in [0.3, 0.4) is 0 Å². The first kappa shape index (κ1) is 10.9. The van der Waals surface area contributed by atoms with Crippen LogP contribution >= 0.6 is 0 Å². The molecule has 2 aromatic rings. The van der Waals surface area contributed by atoms with E-state index < -0.39 is 0 Å².